The molecule has 1 aromatic heterocycles. The van der Waals surface area contributed by atoms with Gasteiger partial charge in [0.15, 0.2) is 0 Å². The summed E-state index contributed by atoms with van der Waals surface area (Å²) in [5, 5.41) is 27.2. The van der Waals surface area contributed by atoms with Crippen molar-refractivity contribution in [3.8, 4) is 5.75 Å². The third kappa shape index (κ3) is 5.86. The molecule has 0 aliphatic heterocycles. The Morgan fingerprint density at radius 3 is 2.35 bits per heavy atom. The minimum absolute atomic E-state index is 0.0607. The number of amides is 1. The summed E-state index contributed by atoms with van der Waals surface area (Å²) in [4.78, 5) is 30.1. The molecule has 0 spiro atoms. The fraction of sp³-hybridized carbons (Fsp3) is 0.0333. The minimum Gasteiger partial charge on any atom is -0.507 e. The van der Waals surface area contributed by atoms with Crippen LogP contribution in [0, 0.1) is 6.92 Å². The summed E-state index contributed by atoms with van der Waals surface area (Å²) < 4.78 is 1.22. The Kier molecular flexibility index (Phi) is 7.59. The Morgan fingerprint density at radius 2 is 1.57 bits per heavy atom. The minimum atomic E-state index is -0.430. The number of fused-ring (bicyclic) bond motifs is 1. The Hall–Kier alpha value is -5.77. The standard InChI is InChI=1S/C30H23N7O3/c1-20-32-26-13-7-6-12-25(26)30(40)37(20)36-28(21-9-3-2-4-10-21)34-33-24-17-15-22(16-18-24)29(39)35-31-19-23-11-5-8-14-27(23)38/h2-19,38H,1H3,(H,35,39)/b31-19+,34-33?,36-28-. The number of hydrogen-bond acceptors (Lipinski definition) is 7. The van der Waals surface area contributed by atoms with Crippen LogP contribution in [0.2, 0.25) is 0 Å². The predicted molar refractivity (Wildman–Crippen MR) is 153 cm³/mol. The lowest BCUT2D eigenvalue weighted by atomic mass is 10.2. The zero-order valence-corrected chi connectivity index (χ0v) is 21.3. The van der Waals surface area contributed by atoms with Crippen LogP contribution in [-0.2, 0) is 0 Å². The summed E-state index contributed by atoms with van der Waals surface area (Å²) in [7, 11) is 0. The molecule has 1 amide bonds. The summed E-state index contributed by atoms with van der Waals surface area (Å²) in [5.41, 5.74) is 4.66. The highest BCUT2D eigenvalue weighted by molar-refractivity contribution is 5.99. The molecule has 0 saturated heterocycles. The Balaban J connectivity index is 1.38. The molecular weight excluding hydrogens is 506 g/mol. The normalized spacial score (nSPS) is 11.9. The van der Waals surface area contributed by atoms with E-state index < -0.39 is 5.91 Å². The number of carbonyl (C=O) groups excluding carboxylic acids is 1. The smallest absolute Gasteiger partial charge is 0.282 e. The Morgan fingerprint density at radius 1 is 0.875 bits per heavy atom. The van der Waals surface area contributed by atoms with Crippen LogP contribution in [0.5, 0.6) is 5.75 Å². The van der Waals surface area contributed by atoms with Gasteiger partial charge in [0.05, 0.1) is 22.8 Å². The Labute approximate surface area is 228 Å². The third-order valence-corrected chi connectivity index (χ3v) is 5.84. The van der Waals surface area contributed by atoms with Crippen molar-refractivity contribution >= 4 is 34.5 Å². The molecule has 0 atom stereocenters. The zero-order valence-electron chi connectivity index (χ0n) is 21.3. The number of aromatic hydroxyl groups is 1. The fourth-order valence-corrected chi connectivity index (χ4v) is 3.78. The largest absolute Gasteiger partial charge is 0.507 e. The van der Waals surface area contributed by atoms with Crippen LogP contribution in [-0.4, -0.2) is 32.7 Å². The van der Waals surface area contributed by atoms with Gasteiger partial charge in [-0.3, -0.25) is 9.59 Å². The number of hydrazone groups is 1. The van der Waals surface area contributed by atoms with Gasteiger partial charge in [0.2, 0.25) is 5.84 Å². The number of aromatic nitrogens is 2. The van der Waals surface area contributed by atoms with E-state index >= 15 is 0 Å². The molecule has 0 aliphatic rings. The van der Waals surface area contributed by atoms with E-state index in [-0.39, 0.29) is 17.1 Å². The van der Waals surface area contributed by atoms with E-state index in [0.29, 0.717) is 39.1 Å². The van der Waals surface area contributed by atoms with Gasteiger partial charge in [0, 0.05) is 16.7 Å². The van der Waals surface area contributed by atoms with Crippen molar-refractivity contribution in [3.63, 3.8) is 0 Å². The van der Waals surface area contributed by atoms with Gasteiger partial charge in [0.1, 0.15) is 11.6 Å². The van der Waals surface area contributed by atoms with E-state index in [0.717, 1.165) is 0 Å². The molecule has 0 saturated carbocycles. The average molecular weight is 530 g/mol. The number of nitrogens with one attached hydrogen (secondary N) is 1. The molecule has 0 bridgehead atoms. The fourth-order valence-electron chi connectivity index (χ4n) is 3.78. The van der Waals surface area contributed by atoms with Gasteiger partial charge in [-0.05, 0) is 55.5 Å². The highest BCUT2D eigenvalue weighted by Crippen LogP contribution is 2.16. The number of benzene rings is 4. The predicted octanol–water partition coefficient (Wildman–Crippen LogP) is 5.17. The maximum absolute atomic E-state index is 13.1. The summed E-state index contributed by atoms with van der Waals surface area (Å²) >= 11 is 0. The van der Waals surface area contributed by atoms with Gasteiger partial charge in [0.25, 0.3) is 11.5 Å². The van der Waals surface area contributed by atoms with Crippen molar-refractivity contribution in [2.24, 2.45) is 20.4 Å². The lowest BCUT2D eigenvalue weighted by molar-refractivity contribution is 0.0955. The zero-order chi connectivity index (χ0) is 27.9. The number of carbonyl (C=O) groups is 1. The lowest BCUT2D eigenvalue weighted by Gasteiger charge is -2.07. The summed E-state index contributed by atoms with van der Waals surface area (Å²) in [6.07, 6.45) is 1.36. The number of hydrogen-bond donors (Lipinski definition) is 2. The molecule has 0 fully saturated rings. The molecule has 10 heteroatoms. The van der Waals surface area contributed by atoms with Crippen LogP contribution in [0.3, 0.4) is 0 Å². The first kappa shape index (κ1) is 25.9. The van der Waals surface area contributed by atoms with Crippen LogP contribution in [0.4, 0.5) is 5.69 Å². The molecule has 0 unspecified atom stereocenters. The molecule has 40 heavy (non-hydrogen) atoms. The summed E-state index contributed by atoms with van der Waals surface area (Å²) in [5.74, 6) is 0.252. The highest BCUT2D eigenvalue weighted by atomic mass is 16.3. The number of phenols is 1. The van der Waals surface area contributed by atoms with Crippen molar-refractivity contribution in [2.75, 3.05) is 0 Å². The molecule has 5 aromatic rings. The number of phenolic OH excluding ortho intramolecular Hbond substituents is 1. The second kappa shape index (κ2) is 11.7. The third-order valence-electron chi connectivity index (χ3n) is 5.84. The van der Waals surface area contributed by atoms with Crippen molar-refractivity contribution in [1.82, 2.24) is 15.1 Å². The first-order valence-electron chi connectivity index (χ1n) is 12.3. The number of nitrogens with zero attached hydrogens (tertiary/aromatic N) is 6. The SMILES string of the molecule is Cc1nc2ccccc2c(=O)n1/N=C(\N=Nc1ccc(C(=O)N/N=C/c2ccccc2O)cc1)c1ccccc1. The van der Waals surface area contributed by atoms with E-state index in [1.54, 1.807) is 67.6 Å². The molecular formula is C30H23N7O3. The van der Waals surface area contributed by atoms with E-state index in [4.69, 9.17) is 0 Å². The monoisotopic (exact) mass is 529 g/mol. The van der Waals surface area contributed by atoms with E-state index in [2.05, 4.69) is 30.8 Å². The second-order valence-electron chi connectivity index (χ2n) is 8.59. The van der Waals surface area contributed by atoms with Crippen LogP contribution < -0.4 is 11.0 Å². The molecule has 0 radical (unpaired) electrons. The van der Waals surface area contributed by atoms with Crippen molar-refractivity contribution < 1.29 is 9.90 Å². The van der Waals surface area contributed by atoms with Gasteiger partial charge in [-0.15, -0.1) is 15.3 Å². The van der Waals surface area contributed by atoms with Gasteiger partial charge >= 0.3 is 0 Å². The van der Waals surface area contributed by atoms with E-state index in [1.165, 1.54) is 17.0 Å². The number of azo groups is 1. The molecule has 0 aliphatic carbocycles. The summed E-state index contributed by atoms with van der Waals surface area (Å²) in [6.45, 7) is 1.70. The van der Waals surface area contributed by atoms with Crippen LogP contribution in [0.25, 0.3) is 10.9 Å². The van der Waals surface area contributed by atoms with Crippen LogP contribution in [0.1, 0.15) is 27.3 Å². The van der Waals surface area contributed by atoms with Gasteiger partial charge in [-0.25, -0.2) is 10.4 Å². The first-order valence-corrected chi connectivity index (χ1v) is 12.3. The number of amidine groups is 1. The molecule has 2 N–H and O–H groups in total. The first-order chi connectivity index (χ1) is 19.5. The number of rotatable bonds is 6. The molecule has 4 aromatic carbocycles. The van der Waals surface area contributed by atoms with Crippen molar-refractivity contribution in [3.05, 3.63) is 136 Å². The molecule has 1 heterocycles. The number of aryl methyl sites for hydroxylation is 1. The molecule has 196 valence electrons. The molecule has 5 rings (SSSR count). The molecule has 10 nitrogen and oxygen atoms in total. The van der Waals surface area contributed by atoms with E-state index in [9.17, 15) is 14.7 Å². The van der Waals surface area contributed by atoms with Gasteiger partial charge in [-0.2, -0.15) is 9.78 Å². The number of para-hydroxylation sites is 2. The average Bonchev–Trinajstić information content (AvgIpc) is 2.98. The summed E-state index contributed by atoms with van der Waals surface area (Å²) in [6, 6.07) is 29.3. The maximum Gasteiger partial charge on any atom is 0.282 e. The van der Waals surface area contributed by atoms with Gasteiger partial charge in [-0.1, -0.05) is 54.6 Å². The highest BCUT2D eigenvalue weighted by Gasteiger charge is 2.10. The topological polar surface area (TPSA) is 134 Å². The van der Waals surface area contributed by atoms with Gasteiger partial charge < -0.3 is 5.11 Å². The Bertz CT molecular complexity index is 1830. The van der Waals surface area contributed by atoms with E-state index in [1.807, 2.05) is 36.4 Å². The van der Waals surface area contributed by atoms with Crippen LogP contribution >= 0.6 is 0 Å². The quantitative estimate of drug-likeness (QED) is 0.136. The second-order valence-corrected chi connectivity index (χ2v) is 8.59. The van der Waals surface area contributed by atoms with Crippen LogP contribution in [0.15, 0.2) is 128 Å². The van der Waals surface area contributed by atoms with Crippen molar-refractivity contribution in [2.45, 2.75) is 6.92 Å². The van der Waals surface area contributed by atoms with Crippen molar-refractivity contribution in [1.29, 1.82) is 0 Å². The maximum atomic E-state index is 13.1. The lowest BCUT2D eigenvalue weighted by Crippen LogP contribution is -2.22.